The highest BCUT2D eigenvalue weighted by molar-refractivity contribution is 7.99. The summed E-state index contributed by atoms with van der Waals surface area (Å²) in [6.45, 7) is 2.17. The number of carbonyl (C=O) groups is 1. The molecule has 1 aromatic carbocycles. The normalized spacial score (nSPS) is 12.1. The Labute approximate surface area is 104 Å². The van der Waals surface area contributed by atoms with Gasteiger partial charge in [-0.25, -0.2) is 4.39 Å². The van der Waals surface area contributed by atoms with Crippen molar-refractivity contribution >= 4 is 17.7 Å². The molecule has 0 aliphatic heterocycles. The zero-order valence-electron chi connectivity index (χ0n) is 9.56. The maximum atomic E-state index is 12.6. The van der Waals surface area contributed by atoms with Gasteiger partial charge >= 0.3 is 5.97 Å². The largest absolute Gasteiger partial charge is 0.493 e. The molecule has 0 spiro atoms. The third kappa shape index (κ3) is 5.58. The molecule has 1 aromatic rings. The Balaban J connectivity index is 2.12. The van der Waals surface area contributed by atoms with Crippen LogP contribution in [0.3, 0.4) is 0 Å². The third-order valence-electron chi connectivity index (χ3n) is 2.10. The van der Waals surface area contributed by atoms with Crippen LogP contribution in [0.1, 0.15) is 6.92 Å². The Bertz CT molecular complexity index is 353. The van der Waals surface area contributed by atoms with Crippen LogP contribution >= 0.6 is 11.8 Å². The third-order valence-corrected chi connectivity index (χ3v) is 3.29. The number of hydrogen-bond donors (Lipinski definition) is 1. The predicted octanol–water partition coefficient (Wildman–Crippen LogP) is 2.66. The van der Waals surface area contributed by atoms with Crippen molar-refractivity contribution in [3.05, 3.63) is 30.1 Å². The van der Waals surface area contributed by atoms with Crippen LogP contribution < -0.4 is 4.74 Å². The zero-order chi connectivity index (χ0) is 12.7. The fourth-order valence-corrected chi connectivity index (χ4v) is 1.94. The van der Waals surface area contributed by atoms with E-state index in [1.54, 1.807) is 19.1 Å². The van der Waals surface area contributed by atoms with Crippen molar-refractivity contribution in [1.82, 2.24) is 0 Å². The summed E-state index contributed by atoms with van der Waals surface area (Å²) in [6, 6.07) is 5.82. The number of benzene rings is 1. The highest BCUT2D eigenvalue weighted by Crippen LogP contribution is 2.13. The minimum Gasteiger partial charge on any atom is -0.493 e. The Morgan fingerprint density at radius 3 is 2.71 bits per heavy atom. The highest BCUT2D eigenvalue weighted by Gasteiger charge is 2.09. The lowest BCUT2D eigenvalue weighted by molar-refractivity contribution is -0.140. The van der Waals surface area contributed by atoms with Gasteiger partial charge in [0.2, 0.25) is 0 Å². The number of rotatable bonds is 7. The Morgan fingerprint density at radius 1 is 1.47 bits per heavy atom. The molecule has 0 amide bonds. The van der Waals surface area contributed by atoms with E-state index in [0.717, 1.165) is 5.75 Å². The van der Waals surface area contributed by atoms with Crippen LogP contribution in [0.5, 0.6) is 5.75 Å². The first-order valence-electron chi connectivity index (χ1n) is 5.28. The standard InChI is InChI=1S/C12H15FO3S/c1-9(12(14)15)8-17-7-6-16-11-4-2-10(13)3-5-11/h2-5,9H,6-8H2,1H3,(H,14,15). The molecule has 1 N–H and O–H groups in total. The molecule has 5 heteroatoms. The van der Waals surface area contributed by atoms with Crippen molar-refractivity contribution in [2.45, 2.75) is 6.92 Å². The van der Waals surface area contributed by atoms with Crippen LogP contribution in [0.4, 0.5) is 4.39 Å². The summed E-state index contributed by atoms with van der Waals surface area (Å²) in [4.78, 5) is 10.5. The summed E-state index contributed by atoms with van der Waals surface area (Å²) in [6.07, 6.45) is 0. The molecule has 3 nitrogen and oxygen atoms in total. The molecule has 1 rings (SSSR count). The number of halogens is 1. The molecule has 0 bridgehead atoms. The molecule has 0 heterocycles. The molecular formula is C12H15FO3S. The molecule has 0 aromatic heterocycles. The van der Waals surface area contributed by atoms with Gasteiger partial charge in [-0.3, -0.25) is 4.79 Å². The number of carboxylic acids is 1. The van der Waals surface area contributed by atoms with Gasteiger partial charge in [0.25, 0.3) is 0 Å². The minimum atomic E-state index is -0.781. The minimum absolute atomic E-state index is 0.290. The van der Waals surface area contributed by atoms with E-state index in [1.807, 2.05) is 0 Å². The molecule has 0 saturated heterocycles. The van der Waals surface area contributed by atoms with Gasteiger partial charge in [0.1, 0.15) is 11.6 Å². The predicted molar refractivity (Wildman–Crippen MR) is 66.0 cm³/mol. The zero-order valence-corrected chi connectivity index (χ0v) is 10.4. The van der Waals surface area contributed by atoms with E-state index in [2.05, 4.69) is 0 Å². The van der Waals surface area contributed by atoms with Crippen LogP contribution in [0.2, 0.25) is 0 Å². The molecule has 0 radical (unpaired) electrons. The quantitative estimate of drug-likeness (QED) is 0.764. The van der Waals surface area contributed by atoms with E-state index >= 15 is 0 Å². The average Bonchev–Trinajstić information content (AvgIpc) is 2.30. The molecule has 94 valence electrons. The monoisotopic (exact) mass is 258 g/mol. The van der Waals surface area contributed by atoms with E-state index < -0.39 is 5.97 Å². The number of carboxylic acid groups (broad SMARTS) is 1. The van der Waals surface area contributed by atoms with Crippen molar-refractivity contribution in [2.24, 2.45) is 5.92 Å². The fraction of sp³-hybridized carbons (Fsp3) is 0.417. The molecule has 0 aliphatic rings. The molecular weight excluding hydrogens is 243 g/mol. The first-order valence-corrected chi connectivity index (χ1v) is 6.44. The van der Waals surface area contributed by atoms with Crippen LogP contribution in [0.15, 0.2) is 24.3 Å². The van der Waals surface area contributed by atoms with Crippen molar-refractivity contribution < 1.29 is 19.0 Å². The van der Waals surface area contributed by atoms with Gasteiger partial charge in [0, 0.05) is 11.5 Å². The van der Waals surface area contributed by atoms with Gasteiger partial charge in [-0.2, -0.15) is 11.8 Å². The van der Waals surface area contributed by atoms with E-state index in [4.69, 9.17) is 9.84 Å². The Kier molecular flexibility index (Phi) is 5.83. The first-order chi connectivity index (χ1) is 8.09. The summed E-state index contributed by atoms with van der Waals surface area (Å²) in [5.74, 6) is 0.500. The number of thioether (sulfide) groups is 1. The summed E-state index contributed by atoms with van der Waals surface area (Å²) >= 11 is 1.53. The van der Waals surface area contributed by atoms with Crippen molar-refractivity contribution in [2.75, 3.05) is 18.1 Å². The fourth-order valence-electron chi connectivity index (χ4n) is 1.08. The molecule has 0 fully saturated rings. The van der Waals surface area contributed by atoms with Crippen molar-refractivity contribution in [3.8, 4) is 5.75 Å². The highest BCUT2D eigenvalue weighted by atomic mass is 32.2. The van der Waals surface area contributed by atoms with Gasteiger partial charge in [-0.15, -0.1) is 0 Å². The number of aliphatic carboxylic acids is 1. The number of hydrogen-bond acceptors (Lipinski definition) is 3. The van der Waals surface area contributed by atoms with Gasteiger partial charge in [-0.1, -0.05) is 6.92 Å². The van der Waals surface area contributed by atoms with Crippen LogP contribution in [0.25, 0.3) is 0 Å². The lowest BCUT2D eigenvalue weighted by Crippen LogP contribution is -2.13. The first kappa shape index (κ1) is 13.8. The summed E-state index contributed by atoms with van der Waals surface area (Å²) < 4.78 is 17.9. The van der Waals surface area contributed by atoms with E-state index in [-0.39, 0.29) is 11.7 Å². The average molecular weight is 258 g/mol. The smallest absolute Gasteiger partial charge is 0.307 e. The molecule has 0 saturated carbocycles. The van der Waals surface area contributed by atoms with Gasteiger partial charge < -0.3 is 9.84 Å². The van der Waals surface area contributed by atoms with E-state index in [0.29, 0.717) is 18.1 Å². The molecule has 1 atom stereocenters. The Morgan fingerprint density at radius 2 is 2.12 bits per heavy atom. The van der Waals surface area contributed by atoms with Crippen LogP contribution in [-0.2, 0) is 4.79 Å². The molecule has 17 heavy (non-hydrogen) atoms. The summed E-state index contributed by atoms with van der Waals surface area (Å²) in [5.41, 5.74) is 0. The summed E-state index contributed by atoms with van der Waals surface area (Å²) in [7, 11) is 0. The van der Waals surface area contributed by atoms with Crippen molar-refractivity contribution in [3.63, 3.8) is 0 Å². The second-order valence-corrected chi connectivity index (χ2v) is 4.77. The maximum absolute atomic E-state index is 12.6. The van der Waals surface area contributed by atoms with Gasteiger partial charge in [0.05, 0.1) is 12.5 Å². The second kappa shape index (κ2) is 7.17. The lowest BCUT2D eigenvalue weighted by Gasteiger charge is -2.07. The SMILES string of the molecule is CC(CSCCOc1ccc(F)cc1)C(=O)O. The molecule has 1 unspecified atom stereocenters. The molecule has 0 aliphatic carbocycles. The van der Waals surface area contributed by atoms with Crippen molar-refractivity contribution in [1.29, 1.82) is 0 Å². The van der Waals surface area contributed by atoms with Crippen LogP contribution in [0, 0.1) is 11.7 Å². The van der Waals surface area contributed by atoms with E-state index in [1.165, 1.54) is 23.9 Å². The maximum Gasteiger partial charge on any atom is 0.307 e. The van der Waals surface area contributed by atoms with Crippen LogP contribution in [-0.4, -0.2) is 29.2 Å². The van der Waals surface area contributed by atoms with E-state index in [9.17, 15) is 9.18 Å². The number of ether oxygens (including phenoxy) is 1. The Hall–Kier alpha value is -1.23. The van der Waals surface area contributed by atoms with Gasteiger partial charge in [0.15, 0.2) is 0 Å². The second-order valence-electron chi connectivity index (χ2n) is 3.62. The topological polar surface area (TPSA) is 46.5 Å². The lowest BCUT2D eigenvalue weighted by atomic mass is 10.2. The van der Waals surface area contributed by atoms with Gasteiger partial charge in [-0.05, 0) is 24.3 Å². The summed E-state index contributed by atoms with van der Waals surface area (Å²) in [5, 5.41) is 8.66.